The number of pyridine rings is 1. The van der Waals surface area contributed by atoms with Gasteiger partial charge in [0.25, 0.3) is 0 Å². The zero-order valence-electron chi connectivity index (χ0n) is 16.1. The molecule has 1 N–H and O–H groups in total. The van der Waals surface area contributed by atoms with Gasteiger partial charge in [0.15, 0.2) is 11.0 Å². The summed E-state index contributed by atoms with van der Waals surface area (Å²) in [5.74, 6) is -0.878. The highest BCUT2D eigenvalue weighted by Gasteiger charge is 2.35. The Morgan fingerprint density at radius 1 is 1.45 bits per heavy atom. The summed E-state index contributed by atoms with van der Waals surface area (Å²) < 4.78 is 44.0. The summed E-state index contributed by atoms with van der Waals surface area (Å²) in [6.45, 7) is 2.57. The predicted molar refractivity (Wildman–Crippen MR) is 105 cm³/mol. The smallest absolute Gasteiger partial charge is 0.306 e. The number of sulfonamides is 1. The Bertz CT molecular complexity index is 980. The molecule has 2 aromatic heterocycles. The van der Waals surface area contributed by atoms with Gasteiger partial charge in [-0.1, -0.05) is 18.5 Å². The second kappa shape index (κ2) is 8.76. The highest BCUT2D eigenvalue weighted by Crippen LogP contribution is 2.37. The topological polar surface area (TPSA) is 105 Å². The second-order valence-electron chi connectivity index (χ2n) is 7.02. The van der Waals surface area contributed by atoms with E-state index in [1.165, 1.54) is 23.5 Å². The van der Waals surface area contributed by atoms with Crippen LogP contribution in [0.2, 0.25) is 5.15 Å². The molecule has 29 heavy (non-hydrogen) atoms. The van der Waals surface area contributed by atoms with E-state index in [1.54, 1.807) is 0 Å². The molecule has 2 aromatic rings. The third-order valence-corrected chi connectivity index (χ3v) is 7.21. The van der Waals surface area contributed by atoms with Crippen molar-refractivity contribution in [2.45, 2.75) is 25.7 Å². The van der Waals surface area contributed by atoms with Crippen LogP contribution in [0.1, 0.15) is 31.4 Å². The van der Waals surface area contributed by atoms with E-state index >= 15 is 0 Å². The lowest BCUT2D eigenvalue weighted by Gasteiger charge is -2.35. The summed E-state index contributed by atoms with van der Waals surface area (Å²) in [5.41, 5.74) is 1.18. The number of ether oxygens (including phenoxy) is 1. The molecule has 11 heteroatoms. The van der Waals surface area contributed by atoms with E-state index < -0.39 is 21.8 Å². The van der Waals surface area contributed by atoms with Crippen molar-refractivity contribution in [1.82, 2.24) is 19.3 Å². The number of piperidine rings is 1. The van der Waals surface area contributed by atoms with Crippen LogP contribution in [0.15, 0.2) is 18.3 Å². The normalized spacial score (nSPS) is 20.6. The van der Waals surface area contributed by atoms with E-state index in [0.29, 0.717) is 41.9 Å². The number of imidazole rings is 1. The molecule has 0 unspecified atom stereocenters. The van der Waals surface area contributed by atoms with Crippen LogP contribution < -0.4 is 0 Å². The Kier molecular flexibility index (Phi) is 6.55. The fourth-order valence-electron chi connectivity index (χ4n) is 3.48. The van der Waals surface area contributed by atoms with Gasteiger partial charge in [0.05, 0.1) is 31.2 Å². The zero-order chi connectivity index (χ0) is 21.2. The van der Waals surface area contributed by atoms with Gasteiger partial charge in [-0.25, -0.2) is 27.1 Å². The number of halogens is 2. The van der Waals surface area contributed by atoms with E-state index in [0.717, 1.165) is 6.20 Å². The number of hydrogen-bond donors (Lipinski definition) is 1. The number of aromatic nitrogens is 3. The summed E-state index contributed by atoms with van der Waals surface area (Å²) in [6.07, 6.45) is 1.48. The van der Waals surface area contributed by atoms with Gasteiger partial charge < -0.3 is 9.72 Å². The lowest BCUT2D eigenvalue weighted by Crippen LogP contribution is -2.43. The molecule has 0 radical (unpaired) electrons. The number of nitrogens with zero attached hydrogens (tertiary/aromatic N) is 3. The van der Waals surface area contributed by atoms with Crippen molar-refractivity contribution in [1.29, 1.82) is 0 Å². The number of carbonyl (C=O) groups is 1. The summed E-state index contributed by atoms with van der Waals surface area (Å²) in [7, 11) is -2.32. The van der Waals surface area contributed by atoms with Crippen LogP contribution in [0.3, 0.4) is 0 Å². The quantitative estimate of drug-likeness (QED) is 0.686. The molecule has 1 saturated heterocycles. The number of H-pyrrole nitrogens is 1. The molecule has 3 heterocycles. The van der Waals surface area contributed by atoms with Gasteiger partial charge in [0.2, 0.25) is 10.0 Å². The Balaban J connectivity index is 1.71. The molecule has 0 saturated carbocycles. The van der Waals surface area contributed by atoms with Crippen LogP contribution in [0, 0.1) is 11.7 Å². The van der Waals surface area contributed by atoms with Crippen LogP contribution in [0.25, 0.3) is 11.5 Å². The molecule has 3 rings (SSSR count). The highest BCUT2D eigenvalue weighted by molar-refractivity contribution is 7.89. The first kappa shape index (κ1) is 21.7. The van der Waals surface area contributed by atoms with Crippen molar-refractivity contribution < 1.29 is 22.3 Å². The van der Waals surface area contributed by atoms with Gasteiger partial charge in [0, 0.05) is 19.0 Å². The minimum absolute atomic E-state index is 0.0174. The molecule has 0 aliphatic carbocycles. The number of aromatic amines is 1. The first-order chi connectivity index (χ1) is 13.7. The van der Waals surface area contributed by atoms with E-state index in [1.807, 2.05) is 6.92 Å². The minimum Gasteiger partial charge on any atom is -0.469 e. The van der Waals surface area contributed by atoms with E-state index in [-0.39, 0.29) is 24.0 Å². The molecule has 1 fully saturated rings. The van der Waals surface area contributed by atoms with Gasteiger partial charge in [-0.15, -0.1) is 0 Å². The number of methoxy groups -OCH3 is 1. The number of rotatable bonds is 6. The van der Waals surface area contributed by atoms with Gasteiger partial charge >= 0.3 is 5.97 Å². The zero-order valence-corrected chi connectivity index (χ0v) is 17.6. The summed E-state index contributed by atoms with van der Waals surface area (Å²) in [6, 6.07) is 2.80. The maximum absolute atomic E-state index is 13.1. The molecule has 0 amide bonds. The Hall–Kier alpha value is -2.04. The van der Waals surface area contributed by atoms with Crippen LogP contribution in [0.4, 0.5) is 4.39 Å². The maximum Gasteiger partial charge on any atom is 0.306 e. The summed E-state index contributed by atoms with van der Waals surface area (Å²) >= 11 is 6.32. The molecular formula is C18H22ClFN4O4S. The molecule has 2 atom stereocenters. The monoisotopic (exact) mass is 444 g/mol. The fraction of sp³-hybridized carbons (Fsp3) is 0.500. The Labute approximate surface area is 173 Å². The molecule has 0 aromatic carbocycles. The maximum atomic E-state index is 13.1. The highest BCUT2D eigenvalue weighted by atomic mass is 35.5. The molecule has 0 spiro atoms. The van der Waals surface area contributed by atoms with Crippen LogP contribution in [0.5, 0.6) is 0 Å². The molecule has 1 aliphatic heterocycles. The predicted octanol–water partition coefficient (Wildman–Crippen LogP) is 2.58. The Morgan fingerprint density at radius 3 is 2.83 bits per heavy atom. The third kappa shape index (κ3) is 4.93. The van der Waals surface area contributed by atoms with Crippen molar-refractivity contribution in [3.8, 4) is 11.5 Å². The lowest BCUT2D eigenvalue weighted by molar-refractivity contribution is -0.140. The molecule has 1 aliphatic rings. The molecular weight excluding hydrogens is 423 g/mol. The van der Waals surface area contributed by atoms with Crippen LogP contribution >= 0.6 is 11.6 Å². The number of carbonyl (C=O) groups excluding carboxylic acids is 1. The fourth-order valence-corrected chi connectivity index (χ4v) is 5.28. The Morgan fingerprint density at radius 2 is 2.21 bits per heavy atom. The van der Waals surface area contributed by atoms with Gasteiger partial charge in [-0.2, -0.15) is 0 Å². The first-order valence-electron chi connectivity index (χ1n) is 9.13. The average Bonchev–Trinajstić information content (AvgIpc) is 3.08. The average molecular weight is 445 g/mol. The standard InChI is InChI=1S/C18H22ClFN4O4S/c1-11-10-24(29(26,27)8-6-15(25)28-2)7-5-13(11)16-17(19)23-18(22-16)14-4-3-12(20)9-21-14/h3-4,9,11,13H,5-8,10H2,1-2H3,(H,22,23)/t11-,13+/m0/s1. The largest absolute Gasteiger partial charge is 0.469 e. The van der Waals surface area contributed by atoms with Crippen molar-refractivity contribution >= 4 is 27.6 Å². The lowest BCUT2D eigenvalue weighted by atomic mass is 9.86. The van der Waals surface area contributed by atoms with E-state index in [4.69, 9.17) is 11.6 Å². The van der Waals surface area contributed by atoms with Crippen LogP contribution in [-0.2, 0) is 19.6 Å². The van der Waals surface area contributed by atoms with Crippen molar-refractivity contribution in [3.05, 3.63) is 35.0 Å². The van der Waals surface area contributed by atoms with Gasteiger partial charge in [-0.05, 0) is 24.5 Å². The van der Waals surface area contributed by atoms with Crippen LogP contribution in [-0.4, -0.2) is 59.6 Å². The number of nitrogens with one attached hydrogen (secondary N) is 1. The SMILES string of the molecule is COC(=O)CCS(=O)(=O)N1CC[C@@H](c2[nH]c(-c3ccc(F)cn3)nc2Cl)[C@@H](C)C1. The molecule has 0 bridgehead atoms. The van der Waals surface area contributed by atoms with Crippen molar-refractivity contribution in [2.24, 2.45) is 5.92 Å². The molecule has 158 valence electrons. The van der Waals surface area contributed by atoms with Crippen molar-refractivity contribution in [3.63, 3.8) is 0 Å². The van der Waals surface area contributed by atoms with E-state index in [2.05, 4.69) is 19.7 Å². The molecule has 8 nitrogen and oxygen atoms in total. The third-order valence-electron chi connectivity index (χ3n) is 5.08. The minimum atomic E-state index is -3.55. The number of hydrogen-bond acceptors (Lipinski definition) is 6. The van der Waals surface area contributed by atoms with Gasteiger partial charge in [0.1, 0.15) is 11.5 Å². The number of esters is 1. The van der Waals surface area contributed by atoms with E-state index in [9.17, 15) is 17.6 Å². The van der Waals surface area contributed by atoms with Crippen molar-refractivity contribution in [2.75, 3.05) is 26.0 Å². The second-order valence-corrected chi connectivity index (χ2v) is 9.47. The summed E-state index contributed by atoms with van der Waals surface area (Å²) in [4.78, 5) is 22.7. The summed E-state index contributed by atoms with van der Waals surface area (Å²) in [5, 5.41) is 0.296. The first-order valence-corrected chi connectivity index (χ1v) is 11.1. The van der Waals surface area contributed by atoms with Gasteiger partial charge in [-0.3, -0.25) is 4.79 Å².